The summed E-state index contributed by atoms with van der Waals surface area (Å²) in [6.45, 7) is 0. The fourth-order valence-corrected chi connectivity index (χ4v) is 4.25. The molecule has 1 aromatic rings. The highest BCUT2D eigenvalue weighted by Gasteiger charge is 2.39. The molecule has 0 aliphatic carbocycles. The summed E-state index contributed by atoms with van der Waals surface area (Å²) >= 11 is 0. The second-order valence-electron chi connectivity index (χ2n) is 4.49. The van der Waals surface area contributed by atoms with E-state index in [2.05, 4.69) is 0 Å². The second kappa shape index (κ2) is 4.65. The molecule has 0 bridgehead atoms. The van der Waals surface area contributed by atoms with Crippen molar-refractivity contribution < 1.29 is 30.9 Å². The van der Waals surface area contributed by atoms with Gasteiger partial charge >= 0.3 is 12.4 Å². The van der Waals surface area contributed by atoms with Crippen LogP contribution in [-0.2, 0) is 16.9 Å². The van der Waals surface area contributed by atoms with Crippen LogP contribution < -0.4 is 5.30 Å². The van der Waals surface area contributed by atoms with Gasteiger partial charge in [-0.2, -0.15) is 26.3 Å². The predicted octanol–water partition coefficient (Wildman–Crippen LogP) is 4.28. The van der Waals surface area contributed by atoms with Crippen LogP contribution in [0.3, 0.4) is 0 Å². The average molecular weight is 314 g/mol. The van der Waals surface area contributed by atoms with E-state index >= 15 is 0 Å². The van der Waals surface area contributed by atoms with Crippen LogP contribution in [-0.4, -0.2) is 12.3 Å². The van der Waals surface area contributed by atoms with Crippen LogP contribution in [0.5, 0.6) is 0 Å². The molecule has 20 heavy (non-hydrogen) atoms. The van der Waals surface area contributed by atoms with Crippen LogP contribution in [0, 0.1) is 0 Å². The molecule has 0 unspecified atom stereocenters. The molecule has 1 heterocycles. The van der Waals surface area contributed by atoms with E-state index in [0.29, 0.717) is 12.1 Å². The molecule has 1 aliphatic rings. The summed E-state index contributed by atoms with van der Waals surface area (Å²) in [6, 6.07) is 1.16. The zero-order valence-corrected chi connectivity index (χ0v) is 10.8. The van der Waals surface area contributed by atoms with Crippen molar-refractivity contribution in [3.05, 3.63) is 41.5 Å². The SMILES string of the molecule is O=P1(c2cc(C(F)(F)F)cc(C(F)(F)F)c2)CC=CC1. The van der Waals surface area contributed by atoms with E-state index in [-0.39, 0.29) is 23.7 Å². The van der Waals surface area contributed by atoms with E-state index in [9.17, 15) is 30.9 Å². The van der Waals surface area contributed by atoms with Gasteiger partial charge in [-0.1, -0.05) is 12.2 Å². The predicted molar refractivity (Wildman–Crippen MR) is 62.6 cm³/mol. The van der Waals surface area contributed by atoms with Crippen molar-refractivity contribution in [1.82, 2.24) is 0 Å². The van der Waals surface area contributed by atoms with Crippen LogP contribution in [0.25, 0.3) is 0 Å². The third kappa shape index (κ3) is 2.92. The van der Waals surface area contributed by atoms with Crippen molar-refractivity contribution in [2.24, 2.45) is 0 Å². The maximum absolute atomic E-state index is 12.7. The van der Waals surface area contributed by atoms with Gasteiger partial charge in [-0.05, 0) is 18.2 Å². The fourth-order valence-electron chi connectivity index (χ4n) is 1.95. The molecule has 1 aromatic carbocycles. The molecule has 1 nitrogen and oxygen atoms in total. The average Bonchev–Trinajstić information content (AvgIpc) is 2.75. The Bertz CT molecular complexity index is 555. The Morgan fingerprint density at radius 1 is 0.800 bits per heavy atom. The maximum atomic E-state index is 12.7. The number of benzene rings is 1. The van der Waals surface area contributed by atoms with E-state index < -0.39 is 30.6 Å². The van der Waals surface area contributed by atoms with Crippen LogP contribution in [0.15, 0.2) is 30.4 Å². The zero-order valence-electron chi connectivity index (χ0n) is 9.92. The van der Waals surface area contributed by atoms with Crippen molar-refractivity contribution in [3.63, 3.8) is 0 Å². The monoisotopic (exact) mass is 314 g/mol. The van der Waals surface area contributed by atoms with Crippen molar-refractivity contribution in [2.45, 2.75) is 12.4 Å². The van der Waals surface area contributed by atoms with Gasteiger partial charge in [0.2, 0.25) is 0 Å². The van der Waals surface area contributed by atoms with Crippen LogP contribution in [0.1, 0.15) is 11.1 Å². The summed E-state index contributed by atoms with van der Waals surface area (Å²) in [7, 11) is -3.23. The third-order valence-electron chi connectivity index (χ3n) is 3.01. The minimum absolute atomic E-state index is 0.00833. The number of hydrogen-bond acceptors (Lipinski definition) is 1. The Kier molecular flexibility index (Phi) is 3.53. The standard InChI is InChI=1S/C12H9F6OP/c13-11(14,15)8-5-9(12(16,17)18)7-10(6-8)20(19)3-1-2-4-20/h1-2,5-7H,3-4H2. The second-order valence-corrected chi connectivity index (χ2v) is 7.52. The van der Waals surface area contributed by atoms with Crippen molar-refractivity contribution in [2.75, 3.05) is 12.3 Å². The molecule has 1 aliphatic heterocycles. The molecular weight excluding hydrogens is 305 g/mol. The molecule has 0 aromatic heterocycles. The van der Waals surface area contributed by atoms with Gasteiger partial charge in [0.1, 0.15) is 7.14 Å². The van der Waals surface area contributed by atoms with Gasteiger partial charge in [0.05, 0.1) is 11.1 Å². The van der Waals surface area contributed by atoms with Crippen molar-refractivity contribution >= 4 is 12.4 Å². The molecule has 0 N–H and O–H groups in total. The Balaban J connectivity index is 2.61. The fraction of sp³-hybridized carbons (Fsp3) is 0.333. The molecule has 0 saturated carbocycles. The first-order valence-corrected chi connectivity index (χ1v) is 7.63. The first kappa shape index (κ1) is 15.2. The summed E-state index contributed by atoms with van der Waals surface area (Å²) in [5.41, 5.74) is -2.85. The molecular formula is C12H9F6OP. The van der Waals surface area contributed by atoms with Crippen LogP contribution in [0.4, 0.5) is 26.3 Å². The Labute approximate surface area is 110 Å². The smallest absolute Gasteiger partial charge is 0.318 e. The Morgan fingerprint density at radius 2 is 1.20 bits per heavy atom. The van der Waals surface area contributed by atoms with E-state index in [4.69, 9.17) is 0 Å². The van der Waals surface area contributed by atoms with Gasteiger partial charge in [0, 0.05) is 17.6 Å². The van der Waals surface area contributed by atoms with E-state index in [1.165, 1.54) is 12.2 Å². The molecule has 2 rings (SSSR count). The summed E-state index contributed by atoms with van der Waals surface area (Å²) in [6.07, 6.45) is -6.83. The molecule has 0 radical (unpaired) electrons. The summed E-state index contributed by atoms with van der Waals surface area (Å²) < 4.78 is 88.4. The number of alkyl halides is 6. The quantitative estimate of drug-likeness (QED) is 0.429. The lowest BCUT2D eigenvalue weighted by molar-refractivity contribution is -0.142. The molecule has 0 fully saturated rings. The lowest BCUT2D eigenvalue weighted by atomic mass is 10.1. The molecule has 0 amide bonds. The zero-order chi connectivity index (χ0) is 15.2. The minimum Gasteiger partial charge on any atom is -0.318 e. The van der Waals surface area contributed by atoms with Crippen LogP contribution >= 0.6 is 7.14 Å². The van der Waals surface area contributed by atoms with E-state index in [1.54, 1.807) is 0 Å². The number of allylic oxidation sites excluding steroid dienone is 2. The molecule has 0 spiro atoms. The molecule has 0 atom stereocenters. The highest BCUT2D eigenvalue weighted by molar-refractivity contribution is 7.72. The normalized spacial score (nSPS) is 18.5. The number of halogens is 6. The summed E-state index contributed by atoms with van der Waals surface area (Å²) in [4.78, 5) is 0. The first-order chi connectivity index (χ1) is 9.02. The van der Waals surface area contributed by atoms with Gasteiger partial charge in [-0.3, -0.25) is 0 Å². The summed E-state index contributed by atoms with van der Waals surface area (Å²) in [5, 5.41) is -0.371. The minimum atomic E-state index is -4.91. The maximum Gasteiger partial charge on any atom is 0.416 e. The van der Waals surface area contributed by atoms with Gasteiger partial charge < -0.3 is 4.57 Å². The Hall–Kier alpha value is -1.23. The first-order valence-electron chi connectivity index (χ1n) is 5.55. The van der Waals surface area contributed by atoms with Crippen molar-refractivity contribution in [1.29, 1.82) is 0 Å². The van der Waals surface area contributed by atoms with Crippen LogP contribution in [0.2, 0.25) is 0 Å². The van der Waals surface area contributed by atoms with Gasteiger partial charge in [0.15, 0.2) is 0 Å². The molecule has 110 valence electrons. The summed E-state index contributed by atoms with van der Waals surface area (Å²) in [5.74, 6) is 0. The topological polar surface area (TPSA) is 17.1 Å². The van der Waals surface area contributed by atoms with Gasteiger partial charge in [-0.15, -0.1) is 0 Å². The van der Waals surface area contributed by atoms with Gasteiger partial charge in [0.25, 0.3) is 0 Å². The third-order valence-corrected chi connectivity index (χ3v) is 5.81. The van der Waals surface area contributed by atoms with Gasteiger partial charge in [-0.25, -0.2) is 0 Å². The highest BCUT2D eigenvalue weighted by Crippen LogP contribution is 2.49. The Morgan fingerprint density at radius 3 is 1.55 bits per heavy atom. The molecule has 8 heteroatoms. The molecule has 0 saturated heterocycles. The van der Waals surface area contributed by atoms with E-state index in [0.717, 1.165) is 0 Å². The van der Waals surface area contributed by atoms with Crippen molar-refractivity contribution in [3.8, 4) is 0 Å². The largest absolute Gasteiger partial charge is 0.416 e. The lowest BCUT2D eigenvalue weighted by Gasteiger charge is -2.17. The number of rotatable bonds is 1. The number of hydrogen-bond donors (Lipinski definition) is 0. The van der Waals surface area contributed by atoms with E-state index in [1.807, 2.05) is 0 Å². The lowest BCUT2D eigenvalue weighted by Crippen LogP contribution is -2.18. The highest BCUT2D eigenvalue weighted by atomic mass is 31.2.